The zero-order valence-electron chi connectivity index (χ0n) is 13.3. The highest BCUT2D eigenvalue weighted by Gasteiger charge is 2.18. The maximum Gasteiger partial charge on any atom is 0.242 e. The summed E-state index contributed by atoms with van der Waals surface area (Å²) in [5, 5.41) is 3.21. The smallest absolute Gasteiger partial charge is 0.242 e. The number of anilines is 2. The van der Waals surface area contributed by atoms with Crippen LogP contribution in [-0.4, -0.2) is 58.9 Å². The first-order valence-corrected chi connectivity index (χ1v) is 8.40. The topological polar surface area (TPSA) is 78.7 Å². The molecule has 0 aliphatic heterocycles. The summed E-state index contributed by atoms with van der Waals surface area (Å²) in [6, 6.07) is 4.75. The van der Waals surface area contributed by atoms with Crippen LogP contribution in [0.2, 0.25) is 0 Å². The van der Waals surface area contributed by atoms with E-state index in [4.69, 9.17) is 5.73 Å². The van der Waals surface area contributed by atoms with E-state index in [0.717, 1.165) is 25.9 Å². The summed E-state index contributed by atoms with van der Waals surface area (Å²) in [4.78, 5) is 2.39. The molecule has 0 aromatic heterocycles. The second-order valence-electron chi connectivity index (χ2n) is 5.47. The van der Waals surface area contributed by atoms with E-state index >= 15 is 0 Å². The molecule has 120 valence electrons. The molecule has 0 heterocycles. The van der Waals surface area contributed by atoms with Crippen LogP contribution in [0.1, 0.15) is 12.8 Å². The molecule has 0 unspecified atom stereocenters. The van der Waals surface area contributed by atoms with Crippen molar-refractivity contribution in [1.82, 2.24) is 9.21 Å². The van der Waals surface area contributed by atoms with Gasteiger partial charge in [-0.15, -0.1) is 0 Å². The maximum atomic E-state index is 12.1. The van der Waals surface area contributed by atoms with Crippen LogP contribution in [0.5, 0.6) is 0 Å². The van der Waals surface area contributed by atoms with Gasteiger partial charge < -0.3 is 16.0 Å². The fraction of sp³-hybridized carbons (Fsp3) is 0.571. The van der Waals surface area contributed by atoms with E-state index in [9.17, 15) is 8.42 Å². The molecule has 21 heavy (non-hydrogen) atoms. The van der Waals surface area contributed by atoms with Crippen LogP contribution in [0.15, 0.2) is 23.1 Å². The van der Waals surface area contributed by atoms with E-state index in [0.29, 0.717) is 11.4 Å². The number of nitrogens with one attached hydrogen (secondary N) is 1. The largest absolute Gasteiger partial charge is 0.397 e. The van der Waals surface area contributed by atoms with Crippen molar-refractivity contribution in [2.45, 2.75) is 17.7 Å². The molecule has 1 rings (SSSR count). The molecule has 6 nitrogen and oxygen atoms in total. The quantitative estimate of drug-likeness (QED) is 0.558. The van der Waals surface area contributed by atoms with Gasteiger partial charge in [-0.05, 0) is 51.7 Å². The molecule has 0 aliphatic rings. The Bertz CT molecular complexity index is 556. The van der Waals surface area contributed by atoms with Crippen molar-refractivity contribution in [2.24, 2.45) is 0 Å². The van der Waals surface area contributed by atoms with Crippen molar-refractivity contribution in [3.05, 3.63) is 18.2 Å². The Morgan fingerprint density at radius 3 is 2.38 bits per heavy atom. The number of hydrogen-bond acceptors (Lipinski definition) is 5. The molecule has 0 aliphatic carbocycles. The standard InChI is InChI=1S/C14H26N4O2S/c1-17(2)10-6-5-9-16-14-11-12(7-8-13(14)15)21(19,20)18(3)4/h7-8,11,16H,5-6,9-10,15H2,1-4H3. The van der Waals surface area contributed by atoms with Crippen molar-refractivity contribution >= 4 is 21.4 Å². The number of benzene rings is 1. The molecule has 0 saturated carbocycles. The van der Waals surface area contributed by atoms with Crippen LogP contribution in [0, 0.1) is 0 Å². The summed E-state index contributed by atoms with van der Waals surface area (Å²) in [5.74, 6) is 0. The molecule has 1 aromatic carbocycles. The second-order valence-corrected chi connectivity index (χ2v) is 7.63. The summed E-state index contributed by atoms with van der Waals surface area (Å²) < 4.78 is 25.4. The summed E-state index contributed by atoms with van der Waals surface area (Å²) in [6.07, 6.45) is 2.08. The van der Waals surface area contributed by atoms with E-state index in [1.165, 1.54) is 24.5 Å². The Balaban J connectivity index is 2.71. The normalized spacial score (nSPS) is 12.1. The lowest BCUT2D eigenvalue weighted by Crippen LogP contribution is -2.22. The molecule has 0 atom stereocenters. The number of unbranched alkanes of at least 4 members (excludes halogenated alkanes) is 1. The summed E-state index contributed by atoms with van der Waals surface area (Å²) in [6.45, 7) is 1.80. The highest BCUT2D eigenvalue weighted by molar-refractivity contribution is 7.89. The average molecular weight is 314 g/mol. The summed E-state index contributed by atoms with van der Waals surface area (Å²) in [5.41, 5.74) is 7.12. The zero-order valence-corrected chi connectivity index (χ0v) is 14.1. The minimum atomic E-state index is -3.43. The lowest BCUT2D eigenvalue weighted by atomic mass is 10.2. The molecular formula is C14H26N4O2S. The van der Waals surface area contributed by atoms with Crippen molar-refractivity contribution in [3.63, 3.8) is 0 Å². The first-order valence-electron chi connectivity index (χ1n) is 6.96. The first-order chi connectivity index (χ1) is 9.75. The molecule has 7 heteroatoms. The van der Waals surface area contributed by atoms with Gasteiger partial charge >= 0.3 is 0 Å². The minimum Gasteiger partial charge on any atom is -0.397 e. The molecule has 1 aromatic rings. The predicted molar refractivity (Wildman–Crippen MR) is 88.0 cm³/mol. The van der Waals surface area contributed by atoms with Gasteiger partial charge in [-0.2, -0.15) is 0 Å². The maximum absolute atomic E-state index is 12.1. The number of nitrogen functional groups attached to an aromatic ring is 1. The van der Waals surface area contributed by atoms with Crippen molar-refractivity contribution in [1.29, 1.82) is 0 Å². The minimum absolute atomic E-state index is 0.248. The van der Waals surface area contributed by atoms with Gasteiger partial charge in [0.2, 0.25) is 10.0 Å². The van der Waals surface area contributed by atoms with E-state index in [1.54, 1.807) is 12.1 Å². The Kier molecular flexibility index (Phi) is 6.44. The van der Waals surface area contributed by atoms with Gasteiger partial charge in [0.1, 0.15) is 0 Å². The van der Waals surface area contributed by atoms with Crippen LogP contribution >= 0.6 is 0 Å². The zero-order chi connectivity index (χ0) is 16.0. The third kappa shape index (κ3) is 5.18. The van der Waals surface area contributed by atoms with Gasteiger partial charge in [0, 0.05) is 20.6 Å². The SMILES string of the molecule is CN(C)CCCCNc1cc(S(=O)(=O)N(C)C)ccc1N. The van der Waals surface area contributed by atoms with Crippen LogP contribution in [0.4, 0.5) is 11.4 Å². The van der Waals surface area contributed by atoms with Crippen LogP contribution in [0.25, 0.3) is 0 Å². The van der Waals surface area contributed by atoms with Gasteiger partial charge in [-0.3, -0.25) is 0 Å². The third-order valence-corrected chi connectivity index (χ3v) is 4.96. The van der Waals surface area contributed by atoms with Crippen molar-refractivity contribution in [2.75, 3.05) is 52.3 Å². The van der Waals surface area contributed by atoms with Crippen LogP contribution in [0.3, 0.4) is 0 Å². The van der Waals surface area contributed by atoms with Crippen molar-refractivity contribution < 1.29 is 8.42 Å². The summed E-state index contributed by atoms with van der Waals surface area (Å²) >= 11 is 0. The van der Waals surface area contributed by atoms with E-state index in [2.05, 4.69) is 10.2 Å². The highest BCUT2D eigenvalue weighted by atomic mass is 32.2. The molecule has 0 bridgehead atoms. The Hall–Kier alpha value is -1.31. The lowest BCUT2D eigenvalue weighted by Gasteiger charge is -2.15. The first kappa shape index (κ1) is 17.7. The second kappa shape index (κ2) is 7.63. The van der Waals surface area contributed by atoms with Crippen LogP contribution in [-0.2, 0) is 10.0 Å². The molecule has 0 saturated heterocycles. The number of hydrogen-bond donors (Lipinski definition) is 2. The van der Waals surface area contributed by atoms with Gasteiger partial charge in [0.15, 0.2) is 0 Å². The highest BCUT2D eigenvalue weighted by Crippen LogP contribution is 2.24. The van der Waals surface area contributed by atoms with Gasteiger partial charge in [-0.1, -0.05) is 0 Å². The van der Waals surface area contributed by atoms with E-state index < -0.39 is 10.0 Å². The number of nitrogens with zero attached hydrogens (tertiary/aromatic N) is 2. The number of nitrogens with two attached hydrogens (primary N) is 1. The molecule has 0 spiro atoms. The fourth-order valence-corrected chi connectivity index (χ4v) is 2.76. The predicted octanol–water partition coefficient (Wildman–Crippen LogP) is 1.27. The average Bonchev–Trinajstić information content (AvgIpc) is 2.39. The van der Waals surface area contributed by atoms with Crippen molar-refractivity contribution in [3.8, 4) is 0 Å². The number of rotatable bonds is 8. The monoisotopic (exact) mass is 314 g/mol. The molecule has 3 N–H and O–H groups in total. The summed E-state index contributed by atoms with van der Waals surface area (Å²) in [7, 11) is 3.68. The van der Waals surface area contributed by atoms with Gasteiger partial charge in [0.25, 0.3) is 0 Å². The Labute approximate surface area is 128 Å². The molecule has 0 fully saturated rings. The van der Waals surface area contributed by atoms with Gasteiger partial charge in [-0.25, -0.2) is 12.7 Å². The molecular weight excluding hydrogens is 288 g/mol. The molecule has 0 amide bonds. The lowest BCUT2D eigenvalue weighted by molar-refractivity contribution is 0.396. The van der Waals surface area contributed by atoms with Crippen LogP contribution < -0.4 is 11.1 Å². The van der Waals surface area contributed by atoms with E-state index in [1.807, 2.05) is 14.1 Å². The third-order valence-electron chi connectivity index (χ3n) is 3.15. The Morgan fingerprint density at radius 1 is 1.14 bits per heavy atom. The number of sulfonamides is 1. The van der Waals surface area contributed by atoms with E-state index in [-0.39, 0.29) is 4.90 Å². The molecule has 0 radical (unpaired) electrons. The van der Waals surface area contributed by atoms with Gasteiger partial charge in [0.05, 0.1) is 16.3 Å². The Morgan fingerprint density at radius 2 is 1.81 bits per heavy atom. The fourth-order valence-electron chi connectivity index (χ4n) is 1.84.